The minimum Gasteiger partial charge on any atom is -0.383 e. The summed E-state index contributed by atoms with van der Waals surface area (Å²) in [7, 11) is 0. The van der Waals surface area contributed by atoms with E-state index in [-0.39, 0.29) is 0 Å². The lowest BCUT2D eigenvalue weighted by molar-refractivity contribution is 0.693. The molecule has 3 aromatic heterocycles. The Labute approximate surface area is 136 Å². The number of rotatable bonds is 3. The Balaban J connectivity index is 1.72. The Morgan fingerprint density at radius 1 is 1.13 bits per heavy atom. The number of nitrogens with zero attached hydrogens (tertiary/aromatic N) is 5. The summed E-state index contributed by atoms with van der Waals surface area (Å²) in [5, 5.41) is 7.17. The van der Waals surface area contributed by atoms with Gasteiger partial charge in [0.05, 0.1) is 11.9 Å². The molecule has 114 valence electrons. The van der Waals surface area contributed by atoms with Gasteiger partial charge in [-0.1, -0.05) is 29.8 Å². The summed E-state index contributed by atoms with van der Waals surface area (Å²) in [6, 6.07) is 10.2. The third-order valence-corrected chi connectivity index (χ3v) is 4.15. The van der Waals surface area contributed by atoms with E-state index in [0.29, 0.717) is 23.8 Å². The van der Waals surface area contributed by atoms with E-state index in [1.807, 2.05) is 22.3 Å². The monoisotopic (exact) mass is 322 g/mol. The van der Waals surface area contributed by atoms with E-state index in [0.717, 1.165) is 11.1 Å². The van der Waals surface area contributed by atoms with E-state index in [2.05, 4.69) is 50.6 Å². The SMILES string of the molecule is Cc1ccc(Cn2cc3c(N)nc(-c4ccsn4)nc3n2)cc1. The highest BCUT2D eigenvalue weighted by atomic mass is 32.1. The second-order valence-corrected chi connectivity index (χ2v) is 6.03. The van der Waals surface area contributed by atoms with E-state index < -0.39 is 0 Å². The fraction of sp³-hybridized carbons (Fsp3) is 0.125. The van der Waals surface area contributed by atoms with Gasteiger partial charge in [0, 0.05) is 11.6 Å². The van der Waals surface area contributed by atoms with Crippen molar-refractivity contribution < 1.29 is 0 Å². The number of nitrogens with two attached hydrogens (primary N) is 1. The third-order valence-electron chi connectivity index (χ3n) is 3.59. The number of hydrogen-bond acceptors (Lipinski definition) is 6. The summed E-state index contributed by atoms with van der Waals surface area (Å²) >= 11 is 1.36. The van der Waals surface area contributed by atoms with Crippen molar-refractivity contribution in [2.75, 3.05) is 5.73 Å². The number of benzene rings is 1. The number of anilines is 1. The summed E-state index contributed by atoms with van der Waals surface area (Å²) < 4.78 is 6.08. The molecule has 0 radical (unpaired) electrons. The van der Waals surface area contributed by atoms with E-state index in [4.69, 9.17) is 5.73 Å². The first-order chi connectivity index (χ1) is 11.2. The van der Waals surface area contributed by atoms with Crippen molar-refractivity contribution in [2.45, 2.75) is 13.5 Å². The van der Waals surface area contributed by atoms with Crippen molar-refractivity contribution in [2.24, 2.45) is 0 Å². The van der Waals surface area contributed by atoms with Crippen molar-refractivity contribution in [1.82, 2.24) is 24.1 Å². The largest absolute Gasteiger partial charge is 0.383 e. The molecule has 2 N–H and O–H groups in total. The van der Waals surface area contributed by atoms with Crippen molar-refractivity contribution >= 4 is 28.4 Å². The Kier molecular flexibility index (Phi) is 3.27. The summed E-state index contributed by atoms with van der Waals surface area (Å²) in [5.74, 6) is 0.935. The molecule has 3 heterocycles. The Morgan fingerprint density at radius 2 is 1.96 bits per heavy atom. The molecule has 0 saturated heterocycles. The van der Waals surface area contributed by atoms with Gasteiger partial charge < -0.3 is 5.73 Å². The fourth-order valence-corrected chi connectivity index (χ4v) is 2.88. The number of aromatic nitrogens is 5. The standard InChI is InChI=1S/C16H14N6S/c1-10-2-4-11(5-3-10)8-22-9-12-14(17)18-16(19-15(12)20-22)13-6-7-23-21-13/h2-7,9H,8H2,1H3,(H2,17,18,19,20). The number of aryl methyl sites for hydroxylation is 1. The van der Waals surface area contributed by atoms with E-state index in [1.54, 1.807) is 0 Å². The first-order valence-electron chi connectivity index (χ1n) is 7.16. The molecule has 4 aromatic rings. The van der Waals surface area contributed by atoms with Crippen LogP contribution in [0.2, 0.25) is 0 Å². The van der Waals surface area contributed by atoms with Gasteiger partial charge in [-0.2, -0.15) is 9.47 Å². The van der Waals surface area contributed by atoms with Crippen molar-refractivity contribution in [3.8, 4) is 11.5 Å². The van der Waals surface area contributed by atoms with Crippen LogP contribution in [0.25, 0.3) is 22.6 Å². The zero-order valence-corrected chi connectivity index (χ0v) is 13.3. The molecule has 0 aliphatic heterocycles. The lowest BCUT2D eigenvalue weighted by Crippen LogP contribution is -2.00. The van der Waals surface area contributed by atoms with E-state index in [9.17, 15) is 0 Å². The Morgan fingerprint density at radius 3 is 2.70 bits per heavy atom. The smallest absolute Gasteiger partial charge is 0.187 e. The molecular weight excluding hydrogens is 308 g/mol. The highest BCUT2D eigenvalue weighted by Gasteiger charge is 2.12. The van der Waals surface area contributed by atoms with Crippen LogP contribution in [0.15, 0.2) is 41.9 Å². The molecule has 0 saturated carbocycles. The third kappa shape index (κ3) is 2.66. The predicted octanol–water partition coefficient (Wildman–Crippen LogP) is 2.89. The van der Waals surface area contributed by atoms with Crippen LogP contribution < -0.4 is 5.73 Å². The molecule has 0 bridgehead atoms. The molecule has 23 heavy (non-hydrogen) atoms. The van der Waals surface area contributed by atoms with Crippen LogP contribution in [0.4, 0.5) is 5.82 Å². The molecule has 6 nitrogen and oxygen atoms in total. The fourth-order valence-electron chi connectivity index (χ4n) is 2.38. The van der Waals surface area contributed by atoms with Crippen LogP contribution in [0.1, 0.15) is 11.1 Å². The van der Waals surface area contributed by atoms with Gasteiger partial charge in [-0.15, -0.1) is 0 Å². The highest BCUT2D eigenvalue weighted by Crippen LogP contribution is 2.22. The number of nitrogen functional groups attached to an aromatic ring is 1. The maximum absolute atomic E-state index is 6.06. The first-order valence-corrected chi connectivity index (χ1v) is 8.00. The van der Waals surface area contributed by atoms with Crippen molar-refractivity contribution in [3.05, 3.63) is 53.0 Å². The number of hydrogen-bond donors (Lipinski definition) is 1. The van der Waals surface area contributed by atoms with Gasteiger partial charge >= 0.3 is 0 Å². The molecule has 7 heteroatoms. The average Bonchev–Trinajstić information content (AvgIpc) is 3.19. The molecule has 4 rings (SSSR count). The van der Waals surface area contributed by atoms with Crippen LogP contribution in [0.5, 0.6) is 0 Å². The van der Waals surface area contributed by atoms with Crippen molar-refractivity contribution in [3.63, 3.8) is 0 Å². The van der Waals surface area contributed by atoms with Gasteiger partial charge in [0.1, 0.15) is 11.5 Å². The van der Waals surface area contributed by atoms with Crippen LogP contribution in [-0.4, -0.2) is 24.1 Å². The van der Waals surface area contributed by atoms with Crippen LogP contribution in [0, 0.1) is 6.92 Å². The molecule has 0 fully saturated rings. The van der Waals surface area contributed by atoms with Gasteiger partial charge in [0.2, 0.25) is 0 Å². The molecular formula is C16H14N6S. The molecule has 0 atom stereocenters. The minimum atomic E-state index is 0.424. The van der Waals surface area contributed by atoms with Gasteiger partial charge in [-0.05, 0) is 30.1 Å². The van der Waals surface area contributed by atoms with E-state index in [1.165, 1.54) is 22.7 Å². The topological polar surface area (TPSA) is 82.5 Å². The van der Waals surface area contributed by atoms with Gasteiger partial charge in [0.25, 0.3) is 0 Å². The molecule has 0 unspecified atom stereocenters. The highest BCUT2D eigenvalue weighted by molar-refractivity contribution is 7.03. The molecule has 0 amide bonds. The lowest BCUT2D eigenvalue weighted by atomic mass is 10.1. The molecule has 0 aliphatic rings. The summed E-state index contributed by atoms with van der Waals surface area (Å²) in [4.78, 5) is 8.81. The average molecular weight is 322 g/mol. The number of fused-ring (bicyclic) bond motifs is 1. The molecule has 0 spiro atoms. The van der Waals surface area contributed by atoms with Gasteiger partial charge in [-0.3, -0.25) is 4.68 Å². The van der Waals surface area contributed by atoms with Gasteiger partial charge in [0.15, 0.2) is 11.5 Å². The maximum Gasteiger partial charge on any atom is 0.187 e. The van der Waals surface area contributed by atoms with Gasteiger partial charge in [-0.25, -0.2) is 9.97 Å². The zero-order valence-electron chi connectivity index (χ0n) is 12.5. The normalized spacial score (nSPS) is 11.2. The molecule has 0 aliphatic carbocycles. The van der Waals surface area contributed by atoms with Crippen LogP contribution >= 0.6 is 11.5 Å². The van der Waals surface area contributed by atoms with Crippen molar-refractivity contribution in [1.29, 1.82) is 0 Å². The quantitative estimate of drug-likeness (QED) is 0.627. The molecule has 1 aromatic carbocycles. The summed E-state index contributed by atoms with van der Waals surface area (Å²) in [6.07, 6.45) is 1.88. The minimum absolute atomic E-state index is 0.424. The Hall–Kier alpha value is -2.80. The Bertz CT molecular complexity index is 956. The lowest BCUT2D eigenvalue weighted by Gasteiger charge is -2.01. The van der Waals surface area contributed by atoms with E-state index >= 15 is 0 Å². The van der Waals surface area contributed by atoms with Crippen LogP contribution in [-0.2, 0) is 6.54 Å². The zero-order chi connectivity index (χ0) is 15.8. The maximum atomic E-state index is 6.06. The predicted molar refractivity (Wildman–Crippen MR) is 91.1 cm³/mol. The van der Waals surface area contributed by atoms with Crippen LogP contribution in [0.3, 0.4) is 0 Å². The second-order valence-electron chi connectivity index (χ2n) is 5.37. The first kappa shape index (κ1) is 13.8. The second kappa shape index (κ2) is 5.44. The summed E-state index contributed by atoms with van der Waals surface area (Å²) in [5.41, 5.74) is 9.78. The summed E-state index contributed by atoms with van der Waals surface area (Å²) in [6.45, 7) is 2.74.